The van der Waals surface area contributed by atoms with Crippen molar-refractivity contribution in [1.29, 1.82) is 0 Å². The van der Waals surface area contributed by atoms with Gasteiger partial charge in [-0.05, 0) is 36.1 Å². The van der Waals surface area contributed by atoms with Crippen molar-refractivity contribution in [2.45, 2.75) is 12.3 Å². The monoisotopic (exact) mass is 344 g/mol. The number of hydrogen-bond acceptors (Lipinski definition) is 0. The average Bonchev–Trinajstić information content (AvgIpc) is 2.40. The molecule has 100 valence electrons. The Morgan fingerprint density at radius 3 is 2.21 bits per heavy atom. The largest absolute Gasteiger partial charge is 0.207 e. The third kappa shape index (κ3) is 3.34. The van der Waals surface area contributed by atoms with Gasteiger partial charge < -0.3 is 0 Å². The Kier molecular flexibility index (Phi) is 4.94. The molecule has 0 aliphatic carbocycles. The lowest BCUT2D eigenvalue weighted by molar-refractivity contribution is 0.545. The van der Waals surface area contributed by atoms with Crippen LogP contribution < -0.4 is 0 Å². The summed E-state index contributed by atoms with van der Waals surface area (Å²) in [6, 6.07) is 11.3. The molecular weight excluding hydrogens is 334 g/mol. The lowest BCUT2D eigenvalue weighted by Crippen LogP contribution is -2.08. The van der Waals surface area contributed by atoms with Gasteiger partial charge in [0.05, 0.1) is 0 Å². The summed E-state index contributed by atoms with van der Waals surface area (Å²) >= 11 is 9.53. The molecule has 0 aliphatic heterocycles. The molecule has 2 aromatic rings. The molecule has 0 aromatic heterocycles. The predicted octanol–water partition coefficient (Wildman–Crippen LogP) is 5.34. The lowest BCUT2D eigenvalue weighted by atomic mass is 9.93. The molecule has 1 unspecified atom stereocenters. The van der Waals surface area contributed by atoms with Crippen molar-refractivity contribution in [3.05, 3.63) is 70.2 Å². The van der Waals surface area contributed by atoms with Gasteiger partial charge in [-0.2, -0.15) is 0 Å². The standard InChI is InChI=1S/C15H12BrClF2/c16-9-10(11-4-1-2-5-13(11)17)8-12-14(18)6-3-7-15(12)19/h1-7,10H,8-9H2. The van der Waals surface area contributed by atoms with E-state index in [9.17, 15) is 8.78 Å². The lowest BCUT2D eigenvalue weighted by Gasteiger charge is -2.17. The quantitative estimate of drug-likeness (QED) is 0.656. The first-order valence-corrected chi connectivity index (χ1v) is 7.36. The van der Waals surface area contributed by atoms with Crippen molar-refractivity contribution in [3.8, 4) is 0 Å². The van der Waals surface area contributed by atoms with Crippen LogP contribution in [0.3, 0.4) is 0 Å². The molecule has 0 radical (unpaired) electrons. The third-order valence-electron chi connectivity index (χ3n) is 3.04. The summed E-state index contributed by atoms with van der Waals surface area (Å²) in [6.45, 7) is 0. The second kappa shape index (κ2) is 6.49. The smallest absolute Gasteiger partial charge is 0.129 e. The second-order valence-electron chi connectivity index (χ2n) is 4.28. The van der Waals surface area contributed by atoms with Gasteiger partial charge in [0.25, 0.3) is 0 Å². The van der Waals surface area contributed by atoms with Crippen molar-refractivity contribution in [3.63, 3.8) is 0 Å². The molecule has 19 heavy (non-hydrogen) atoms. The Morgan fingerprint density at radius 2 is 1.63 bits per heavy atom. The number of alkyl halides is 1. The van der Waals surface area contributed by atoms with E-state index in [1.54, 1.807) is 6.07 Å². The first-order valence-electron chi connectivity index (χ1n) is 5.86. The van der Waals surface area contributed by atoms with Crippen molar-refractivity contribution < 1.29 is 8.78 Å². The predicted molar refractivity (Wildman–Crippen MR) is 78.0 cm³/mol. The van der Waals surface area contributed by atoms with Gasteiger partial charge >= 0.3 is 0 Å². The molecule has 0 N–H and O–H groups in total. The maximum Gasteiger partial charge on any atom is 0.129 e. The molecule has 0 fully saturated rings. The molecule has 4 heteroatoms. The Balaban J connectivity index is 2.32. The van der Waals surface area contributed by atoms with Crippen LogP contribution in [0.4, 0.5) is 8.78 Å². The summed E-state index contributed by atoms with van der Waals surface area (Å²) in [7, 11) is 0. The van der Waals surface area contributed by atoms with Crippen LogP contribution >= 0.6 is 27.5 Å². The zero-order valence-corrected chi connectivity index (χ0v) is 12.4. The fourth-order valence-electron chi connectivity index (χ4n) is 2.03. The summed E-state index contributed by atoms with van der Waals surface area (Å²) in [5.41, 5.74) is 0.996. The molecule has 1 atom stereocenters. The molecule has 0 spiro atoms. The van der Waals surface area contributed by atoms with Crippen LogP contribution in [-0.4, -0.2) is 5.33 Å². The van der Waals surface area contributed by atoms with Crippen LogP contribution in [0.2, 0.25) is 5.02 Å². The van der Waals surface area contributed by atoms with Crippen LogP contribution in [0.15, 0.2) is 42.5 Å². The molecule has 0 nitrogen and oxygen atoms in total. The molecule has 0 saturated heterocycles. The zero-order chi connectivity index (χ0) is 13.8. The van der Waals surface area contributed by atoms with E-state index in [4.69, 9.17) is 11.6 Å². The fourth-order valence-corrected chi connectivity index (χ4v) is 2.90. The molecular formula is C15H12BrClF2. The summed E-state index contributed by atoms with van der Waals surface area (Å²) in [5, 5.41) is 1.20. The van der Waals surface area contributed by atoms with Gasteiger partial charge in [0.1, 0.15) is 11.6 Å². The first-order chi connectivity index (χ1) is 9.13. The highest BCUT2D eigenvalue weighted by molar-refractivity contribution is 9.09. The molecule has 0 bridgehead atoms. The summed E-state index contributed by atoms with van der Waals surface area (Å²) in [4.78, 5) is 0. The minimum atomic E-state index is -0.516. The highest BCUT2D eigenvalue weighted by Crippen LogP contribution is 2.30. The summed E-state index contributed by atoms with van der Waals surface area (Å²) < 4.78 is 27.4. The zero-order valence-electron chi connectivity index (χ0n) is 10.0. The minimum Gasteiger partial charge on any atom is -0.207 e. The summed E-state index contributed by atoms with van der Waals surface area (Å²) in [5.74, 6) is -1.10. The van der Waals surface area contributed by atoms with Crippen LogP contribution in [0.25, 0.3) is 0 Å². The van der Waals surface area contributed by atoms with E-state index in [0.717, 1.165) is 5.56 Å². The molecule has 0 heterocycles. The van der Waals surface area contributed by atoms with Crippen molar-refractivity contribution in [2.24, 2.45) is 0 Å². The highest BCUT2D eigenvalue weighted by Gasteiger charge is 2.18. The third-order valence-corrected chi connectivity index (χ3v) is 4.17. The average molecular weight is 346 g/mol. The van der Waals surface area contributed by atoms with Crippen molar-refractivity contribution in [2.75, 3.05) is 5.33 Å². The topological polar surface area (TPSA) is 0 Å². The number of hydrogen-bond donors (Lipinski definition) is 0. The SMILES string of the molecule is Fc1cccc(F)c1CC(CBr)c1ccccc1Cl. The Labute approximate surface area is 124 Å². The number of halogens is 4. The second-order valence-corrected chi connectivity index (χ2v) is 5.33. The van der Waals surface area contributed by atoms with Gasteiger partial charge in [0.2, 0.25) is 0 Å². The van der Waals surface area contributed by atoms with Crippen LogP contribution in [0.5, 0.6) is 0 Å². The van der Waals surface area contributed by atoms with E-state index in [1.807, 2.05) is 18.2 Å². The van der Waals surface area contributed by atoms with Crippen LogP contribution in [0, 0.1) is 11.6 Å². The van der Waals surface area contributed by atoms with Crippen molar-refractivity contribution in [1.82, 2.24) is 0 Å². The highest BCUT2D eigenvalue weighted by atomic mass is 79.9. The van der Waals surface area contributed by atoms with E-state index in [1.165, 1.54) is 18.2 Å². The van der Waals surface area contributed by atoms with Crippen LogP contribution in [-0.2, 0) is 6.42 Å². The molecule has 2 aromatic carbocycles. The van der Waals surface area contributed by atoms with E-state index in [2.05, 4.69) is 15.9 Å². The Bertz CT molecular complexity index is 552. The molecule has 2 rings (SSSR count). The van der Waals surface area contributed by atoms with Gasteiger partial charge in [-0.1, -0.05) is 51.8 Å². The van der Waals surface area contributed by atoms with Gasteiger partial charge in [0, 0.05) is 15.9 Å². The van der Waals surface area contributed by atoms with E-state index >= 15 is 0 Å². The van der Waals surface area contributed by atoms with E-state index in [-0.39, 0.29) is 17.9 Å². The number of rotatable bonds is 4. The molecule has 0 saturated carbocycles. The van der Waals surface area contributed by atoms with Gasteiger partial charge in [-0.15, -0.1) is 0 Å². The number of benzene rings is 2. The maximum atomic E-state index is 13.7. The maximum absolute atomic E-state index is 13.7. The Hall–Kier alpha value is -0.930. The van der Waals surface area contributed by atoms with E-state index < -0.39 is 11.6 Å². The van der Waals surface area contributed by atoms with Gasteiger partial charge in [-0.3, -0.25) is 0 Å². The summed E-state index contributed by atoms with van der Waals surface area (Å²) in [6.07, 6.45) is 0.271. The minimum absolute atomic E-state index is 0.0694. The van der Waals surface area contributed by atoms with Crippen molar-refractivity contribution >= 4 is 27.5 Å². The van der Waals surface area contributed by atoms with Gasteiger partial charge in [0.15, 0.2) is 0 Å². The molecule has 0 amide bonds. The Morgan fingerprint density at radius 1 is 1.00 bits per heavy atom. The van der Waals surface area contributed by atoms with E-state index in [0.29, 0.717) is 10.4 Å². The fraction of sp³-hybridized carbons (Fsp3) is 0.200. The normalized spacial score (nSPS) is 12.4. The van der Waals surface area contributed by atoms with Gasteiger partial charge in [-0.25, -0.2) is 8.78 Å². The van der Waals surface area contributed by atoms with Crippen LogP contribution in [0.1, 0.15) is 17.0 Å². The molecule has 0 aliphatic rings. The first kappa shape index (κ1) is 14.5.